The predicted molar refractivity (Wildman–Crippen MR) is 83.3 cm³/mol. The summed E-state index contributed by atoms with van der Waals surface area (Å²) in [6.07, 6.45) is 0.429. The molecule has 2 rings (SSSR count). The van der Waals surface area contributed by atoms with Gasteiger partial charge < -0.3 is 9.84 Å². The second-order valence-electron chi connectivity index (χ2n) is 4.95. The maximum atomic E-state index is 11.6. The van der Waals surface area contributed by atoms with Gasteiger partial charge in [-0.1, -0.05) is 35.9 Å². The third-order valence-electron chi connectivity index (χ3n) is 3.47. The van der Waals surface area contributed by atoms with Crippen LogP contribution in [-0.2, 0) is 11.2 Å². The Morgan fingerprint density at radius 3 is 2.43 bits per heavy atom. The molecule has 0 spiro atoms. The Kier molecular flexibility index (Phi) is 4.86. The van der Waals surface area contributed by atoms with Crippen LogP contribution in [0.3, 0.4) is 0 Å². The van der Waals surface area contributed by atoms with Crippen molar-refractivity contribution in [3.8, 4) is 5.75 Å². The van der Waals surface area contributed by atoms with Gasteiger partial charge in [-0.15, -0.1) is 0 Å². The summed E-state index contributed by atoms with van der Waals surface area (Å²) < 4.78 is 5.21. The quantitative estimate of drug-likeness (QED) is 0.906. The normalized spacial score (nSPS) is 12.0. The fourth-order valence-corrected chi connectivity index (χ4v) is 2.45. The van der Waals surface area contributed by atoms with E-state index < -0.39 is 11.9 Å². The van der Waals surface area contributed by atoms with E-state index >= 15 is 0 Å². The zero-order valence-corrected chi connectivity index (χ0v) is 12.7. The van der Waals surface area contributed by atoms with Crippen molar-refractivity contribution in [2.45, 2.75) is 19.3 Å². The molecular weight excluding hydrogens is 288 g/mol. The Morgan fingerprint density at radius 2 is 1.90 bits per heavy atom. The highest BCUT2D eigenvalue weighted by Gasteiger charge is 2.21. The minimum atomic E-state index is -0.838. The molecule has 0 saturated carbocycles. The van der Waals surface area contributed by atoms with Crippen molar-refractivity contribution in [3.63, 3.8) is 0 Å². The molecule has 3 nitrogen and oxygen atoms in total. The van der Waals surface area contributed by atoms with Crippen molar-refractivity contribution in [3.05, 3.63) is 64.2 Å². The summed E-state index contributed by atoms with van der Waals surface area (Å²) in [7, 11) is 1.60. The van der Waals surface area contributed by atoms with Crippen molar-refractivity contribution in [2.24, 2.45) is 0 Å². The average molecular weight is 305 g/mol. The smallest absolute Gasteiger partial charge is 0.311 e. The number of ether oxygens (including phenoxy) is 1. The van der Waals surface area contributed by atoms with Crippen molar-refractivity contribution in [2.75, 3.05) is 7.11 Å². The molecule has 0 aliphatic heterocycles. The third kappa shape index (κ3) is 3.76. The van der Waals surface area contributed by atoms with Crippen LogP contribution >= 0.6 is 11.6 Å². The average Bonchev–Trinajstić information content (AvgIpc) is 2.46. The third-order valence-corrected chi connectivity index (χ3v) is 3.72. The molecule has 2 aromatic rings. The van der Waals surface area contributed by atoms with Crippen LogP contribution in [0.25, 0.3) is 0 Å². The fourth-order valence-electron chi connectivity index (χ4n) is 2.32. The van der Waals surface area contributed by atoms with Gasteiger partial charge >= 0.3 is 5.97 Å². The van der Waals surface area contributed by atoms with Crippen LogP contribution in [0, 0.1) is 6.92 Å². The molecule has 110 valence electrons. The lowest BCUT2D eigenvalue weighted by Gasteiger charge is -2.15. The van der Waals surface area contributed by atoms with E-state index in [0.29, 0.717) is 11.4 Å². The molecule has 1 unspecified atom stereocenters. The molecule has 0 radical (unpaired) electrons. The Bertz CT molecular complexity index is 635. The van der Waals surface area contributed by atoms with Crippen LogP contribution < -0.4 is 4.74 Å². The first-order valence-electron chi connectivity index (χ1n) is 6.63. The highest BCUT2D eigenvalue weighted by molar-refractivity contribution is 6.30. The highest BCUT2D eigenvalue weighted by Crippen LogP contribution is 2.27. The molecular formula is C17H17ClO3. The molecule has 0 bridgehead atoms. The molecule has 0 aromatic heterocycles. The summed E-state index contributed by atoms with van der Waals surface area (Å²) in [5.41, 5.74) is 2.65. The van der Waals surface area contributed by atoms with Gasteiger partial charge in [0, 0.05) is 5.02 Å². The molecule has 21 heavy (non-hydrogen) atoms. The first-order chi connectivity index (χ1) is 10.0. The molecule has 0 amide bonds. The van der Waals surface area contributed by atoms with Crippen molar-refractivity contribution >= 4 is 17.6 Å². The van der Waals surface area contributed by atoms with E-state index in [1.807, 2.05) is 31.2 Å². The van der Waals surface area contributed by atoms with Gasteiger partial charge in [-0.05, 0) is 48.2 Å². The standard InChI is InChI=1S/C17H17ClO3/c1-11-9-13(5-8-16(11)21-2)15(17(19)20)10-12-3-6-14(18)7-4-12/h3-9,15H,10H2,1-2H3,(H,19,20). The number of carboxylic acid groups (broad SMARTS) is 1. The van der Waals surface area contributed by atoms with Gasteiger partial charge in [-0.25, -0.2) is 0 Å². The highest BCUT2D eigenvalue weighted by atomic mass is 35.5. The minimum Gasteiger partial charge on any atom is -0.496 e. The molecule has 0 saturated heterocycles. The number of hydrogen-bond acceptors (Lipinski definition) is 2. The largest absolute Gasteiger partial charge is 0.496 e. The van der Waals surface area contributed by atoms with Crippen molar-refractivity contribution in [1.29, 1.82) is 0 Å². The first-order valence-corrected chi connectivity index (χ1v) is 7.01. The SMILES string of the molecule is COc1ccc(C(Cc2ccc(Cl)cc2)C(=O)O)cc1C. The van der Waals surface area contributed by atoms with E-state index in [0.717, 1.165) is 22.4 Å². The molecule has 0 aliphatic rings. The Morgan fingerprint density at radius 1 is 1.24 bits per heavy atom. The topological polar surface area (TPSA) is 46.5 Å². The van der Waals surface area contributed by atoms with Gasteiger partial charge in [0.15, 0.2) is 0 Å². The van der Waals surface area contributed by atoms with Crippen molar-refractivity contribution < 1.29 is 14.6 Å². The summed E-state index contributed by atoms with van der Waals surface area (Å²) in [4.78, 5) is 11.6. The lowest BCUT2D eigenvalue weighted by molar-refractivity contribution is -0.138. The Hall–Kier alpha value is -2.00. The monoisotopic (exact) mass is 304 g/mol. The van der Waals surface area contributed by atoms with Crippen LogP contribution in [-0.4, -0.2) is 18.2 Å². The molecule has 0 fully saturated rings. The number of carbonyl (C=O) groups is 1. The number of carboxylic acids is 1. The van der Waals surface area contributed by atoms with Crippen LogP contribution in [0.4, 0.5) is 0 Å². The van der Waals surface area contributed by atoms with Gasteiger partial charge in [0.25, 0.3) is 0 Å². The molecule has 0 heterocycles. The summed E-state index contributed by atoms with van der Waals surface area (Å²) in [6.45, 7) is 1.91. The number of aryl methyl sites for hydroxylation is 1. The molecule has 1 atom stereocenters. The van der Waals surface area contributed by atoms with Gasteiger partial charge in [0.2, 0.25) is 0 Å². The zero-order chi connectivity index (χ0) is 15.4. The number of hydrogen-bond donors (Lipinski definition) is 1. The number of methoxy groups -OCH3 is 1. The first kappa shape index (κ1) is 15.4. The number of halogens is 1. The van der Waals surface area contributed by atoms with E-state index in [1.165, 1.54) is 0 Å². The lowest BCUT2D eigenvalue weighted by Crippen LogP contribution is -2.14. The lowest BCUT2D eigenvalue weighted by atomic mass is 9.91. The maximum Gasteiger partial charge on any atom is 0.311 e. The van der Waals surface area contributed by atoms with Crippen LogP contribution in [0.1, 0.15) is 22.6 Å². The second-order valence-corrected chi connectivity index (χ2v) is 5.39. The number of aliphatic carboxylic acids is 1. The molecule has 0 aliphatic carbocycles. The van der Waals surface area contributed by atoms with E-state index in [9.17, 15) is 9.90 Å². The summed E-state index contributed by atoms with van der Waals surface area (Å²) in [5, 5.41) is 10.1. The minimum absolute atomic E-state index is 0.429. The summed E-state index contributed by atoms with van der Waals surface area (Å²) in [5.74, 6) is -0.667. The summed E-state index contributed by atoms with van der Waals surface area (Å²) >= 11 is 5.85. The molecule has 1 N–H and O–H groups in total. The number of benzene rings is 2. The molecule has 4 heteroatoms. The van der Waals surface area contributed by atoms with Crippen LogP contribution in [0.2, 0.25) is 5.02 Å². The van der Waals surface area contributed by atoms with Gasteiger partial charge in [-0.2, -0.15) is 0 Å². The Labute approximate surface area is 129 Å². The van der Waals surface area contributed by atoms with E-state index in [2.05, 4.69) is 0 Å². The fraction of sp³-hybridized carbons (Fsp3) is 0.235. The van der Waals surface area contributed by atoms with E-state index in [4.69, 9.17) is 16.3 Å². The van der Waals surface area contributed by atoms with Gasteiger partial charge in [0.1, 0.15) is 5.75 Å². The Balaban J connectivity index is 2.28. The second kappa shape index (κ2) is 6.64. The number of rotatable bonds is 5. The van der Waals surface area contributed by atoms with Gasteiger partial charge in [-0.3, -0.25) is 4.79 Å². The van der Waals surface area contributed by atoms with Gasteiger partial charge in [0.05, 0.1) is 13.0 Å². The predicted octanol–water partition coefficient (Wildman–Crippen LogP) is 4.07. The zero-order valence-electron chi connectivity index (χ0n) is 12.0. The molecule has 2 aromatic carbocycles. The summed E-state index contributed by atoms with van der Waals surface area (Å²) in [6, 6.07) is 12.7. The maximum absolute atomic E-state index is 11.6. The van der Waals surface area contributed by atoms with Crippen LogP contribution in [0.5, 0.6) is 5.75 Å². The van der Waals surface area contributed by atoms with E-state index in [-0.39, 0.29) is 0 Å². The van der Waals surface area contributed by atoms with Crippen LogP contribution in [0.15, 0.2) is 42.5 Å². The van der Waals surface area contributed by atoms with Crippen molar-refractivity contribution in [1.82, 2.24) is 0 Å². The van der Waals surface area contributed by atoms with E-state index in [1.54, 1.807) is 25.3 Å².